The first kappa shape index (κ1) is 29.7. The molecule has 0 spiro atoms. The minimum Gasteiger partial charge on any atom is -0.507 e. The number of ether oxygens (including phenoxy) is 2. The van der Waals surface area contributed by atoms with Gasteiger partial charge in [-0.3, -0.25) is 19.1 Å². The number of amides is 1. The minimum absolute atomic E-state index is 0.00293. The number of hydrogen-bond acceptors (Lipinski definition) is 9. The van der Waals surface area contributed by atoms with Gasteiger partial charge in [-0.1, -0.05) is 6.92 Å². The maximum absolute atomic E-state index is 13.6. The maximum Gasteiger partial charge on any atom is 0.259 e. The molecule has 1 atom stereocenters. The van der Waals surface area contributed by atoms with Crippen LogP contribution >= 0.6 is 0 Å². The van der Waals surface area contributed by atoms with Crippen LogP contribution in [-0.4, -0.2) is 49.0 Å². The molecule has 4 N–H and O–H groups in total. The van der Waals surface area contributed by atoms with E-state index in [9.17, 15) is 33.0 Å². The summed E-state index contributed by atoms with van der Waals surface area (Å²) < 4.78 is 38.2. The standard InChI is InChI=1S/C29H32N2O9S/c1-7-8-41(37,38)31-17-9-14(2)18(15(3)10-17)13-30-28(36)24-21(39-6)11-20(34)25-26(24)40-22-12-19(33)23(16(4)32)27(35)29(22,25)5/h9-12,31,33-34H,7-8,13H2,1-6H3,(H,30,36)/t29-/m1/s1. The second-order valence-electron chi connectivity index (χ2n) is 10.3. The molecule has 2 aromatic rings. The average Bonchev–Trinajstić information content (AvgIpc) is 3.16. The second kappa shape index (κ2) is 10.6. The number of allylic oxidation sites excluding steroid dienone is 3. The molecule has 2 aliphatic rings. The van der Waals surface area contributed by atoms with Gasteiger partial charge in [0, 0.05) is 24.4 Å². The van der Waals surface area contributed by atoms with Crippen molar-refractivity contribution in [3.05, 3.63) is 69.2 Å². The molecule has 12 heteroatoms. The number of rotatable bonds is 9. The van der Waals surface area contributed by atoms with Gasteiger partial charge in [-0.05, 0) is 62.9 Å². The van der Waals surface area contributed by atoms with Crippen molar-refractivity contribution < 1.29 is 42.5 Å². The number of phenolic OH excluding ortho intramolecular Hbond substituents is 1. The molecule has 1 aliphatic carbocycles. The molecule has 0 aromatic heterocycles. The largest absolute Gasteiger partial charge is 0.507 e. The van der Waals surface area contributed by atoms with E-state index in [0.717, 1.165) is 29.7 Å². The van der Waals surface area contributed by atoms with Crippen LogP contribution in [0.25, 0.3) is 0 Å². The number of aliphatic hydroxyl groups is 1. The molecule has 1 heterocycles. The Hall–Kier alpha value is -4.32. The lowest BCUT2D eigenvalue weighted by Gasteiger charge is -2.27. The first-order valence-electron chi connectivity index (χ1n) is 12.9. The molecule has 0 unspecified atom stereocenters. The summed E-state index contributed by atoms with van der Waals surface area (Å²) in [5.41, 5.74) is 0.450. The Kier molecular flexibility index (Phi) is 7.65. The van der Waals surface area contributed by atoms with Gasteiger partial charge in [-0.25, -0.2) is 8.42 Å². The molecule has 11 nitrogen and oxygen atoms in total. The van der Waals surface area contributed by atoms with E-state index in [1.807, 2.05) is 0 Å². The predicted molar refractivity (Wildman–Crippen MR) is 151 cm³/mol. The van der Waals surface area contributed by atoms with Gasteiger partial charge in [-0.15, -0.1) is 0 Å². The third-order valence-electron chi connectivity index (χ3n) is 7.30. The van der Waals surface area contributed by atoms with E-state index >= 15 is 0 Å². The van der Waals surface area contributed by atoms with Gasteiger partial charge in [0.25, 0.3) is 5.91 Å². The van der Waals surface area contributed by atoms with Gasteiger partial charge in [0.1, 0.15) is 39.6 Å². The lowest BCUT2D eigenvalue weighted by molar-refractivity contribution is -0.123. The number of nitrogens with one attached hydrogen (secondary N) is 2. The van der Waals surface area contributed by atoms with Crippen LogP contribution in [0.3, 0.4) is 0 Å². The van der Waals surface area contributed by atoms with Gasteiger partial charge < -0.3 is 25.0 Å². The number of aryl methyl sites for hydroxylation is 2. The number of sulfonamides is 1. The summed E-state index contributed by atoms with van der Waals surface area (Å²) in [7, 11) is -2.17. The Labute approximate surface area is 237 Å². The highest BCUT2D eigenvalue weighted by Gasteiger charge is 2.55. The number of phenols is 1. The number of anilines is 1. The zero-order chi connectivity index (χ0) is 30.4. The van der Waals surface area contributed by atoms with Crippen LogP contribution in [0, 0.1) is 13.8 Å². The number of methoxy groups -OCH3 is 1. The fraction of sp³-hybridized carbons (Fsp3) is 0.345. The highest BCUT2D eigenvalue weighted by Crippen LogP contribution is 2.56. The van der Waals surface area contributed by atoms with Crippen LogP contribution < -0.4 is 19.5 Å². The predicted octanol–water partition coefficient (Wildman–Crippen LogP) is 3.62. The lowest BCUT2D eigenvalue weighted by atomic mass is 9.71. The Balaban J connectivity index is 1.69. The summed E-state index contributed by atoms with van der Waals surface area (Å²) in [4.78, 5) is 39.1. The molecule has 218 valence electrons. The molecule has 0 radical (unpaired) electrons. The van der Waals surface area contributed by atoms with E-state index in [2.05, 4.69) is 10.0 Å². The monoisotopic (exact) mass is 584 g/mol. The summed E-state index contributed by atoms with van der Waals surface area (Å²) >= 11 is 0. The van der Waals surface area contributed by atoms with Crippen LogP contribution in [0.1, 0.15) is 59.8 Å². The van der Waals surface area contributed by atoms with Crippen molar-refractivity contribution in [1.29, 1.82) is 0 Å². The first-order valence-corrected chi connectivity index (χ1v) is 14.5. The van der Waals surface area contributed by atoms with Crippen LogP contribution in [0.4, 0.5) is 5.69 Å². The van der Waals surface area contributed by atoms with Crippen LogP contribution in [0.15, 0.2) is 41.4 Å². The van der Waals surface area contributed by atoms with Crippen molar-refractivity contribution in [2.24, 2.45) is 0 Å². The molecule has 1 amide bonds. The number of aliphatic hydroxyl groups excluding tert-OH is 1. The lowest BCUT2D eigenvalue weighted by Crippen LogP contribution is -2.38. The summed E-state index contributed by atoms with van der Waals surface area (Å²) in [5.74, 6) is -3.22. The van der Waals surface area contributed by atoms with Crippen molar-refractivity contribution >= 4 is 33.2 Å². The van der Waals surface area contributed by atoms with E-state index in [4.69, 9.17) is 9.47 Å². The Morgan fingerprint density at radius 1 is 1.12 bits per heavy atom. The number of fused-ring (bicyclic) bond motifs is 3. The highest BCUT2D eigenvalue weighted by atomic mass is 32.2. The van der Waals surface area contributed by atoms with E-state index in [-0.39, 0.29) is 46.4 Å². The fourth-order valence-electron chi connectivity index (χ4n) is 5.31. The van der Waals surface area contributed by atoms with Crippen molar-refractivity contribution in [2.75, 3.05) is 17.6 Å². The van der Waals surface area contributed by atoms with Crippen LogP contribution in [0.2, 0.25) is 0 Å². The Morgan fingerprint density at radius 3 is 2.32 bits per heavy atom. The highest BCUT2D eigenvalue weighted by molar-refractivity contribution is 7.92. The van der Waals surface area contributed by atoms with Crippen LogP contribution in [-0.2, 0) is 31.6 Å². The molecule has 0 saturated heterocycles. The quantitative estimate of drug-likeness (QED) is 0.322. The maximum atomic E-state index is 13.6. The summed E-state index contributed by atoms with van der Waals surface area (Å²) in [6.45, 7) is 8.02. The molecule has 0 bridgehead atoms. The SMILES string of the molecule is CCCS(=O)(=O)Nc1cc(C)c(CNC(=O)c2c(OC)cc(O)c3c2OC2=CC(O)=C(C(C)=O)C(=O)[C@]23C)c(C)c1. The van der Waals surface area contributed by atoms with Crippen molar-refractivity contribution in [2.45, 2.75) is 53.0 Å². The van der Waals surface area contributed by atoms with Crippen LogP contribution in [0.5, 0.6) is 17.2 Å². The number of carbonyl (C=O) groups is 3. The fourth-order valence-corrected chi connectivity index (χ4v) is 6.42. The number of Topliss-reactive ketones (excluding diaryl/α,β-unsaturated/α-hetero) is 2. The summed E-state index contributed by atoms with van der Waals surface area (Å²) in [6.07, 6.45) is 1.61. The Bertz CT molecular complexity index is 1650. The van der Waals surface area contributed by atoms with E-state index < -0.39 is 44.2 Å². The van der Waals surface area contributed by atoms with E-state index in [1.54, 1.807) is 32.9 Å². The number of benzene rings is 2. The number of carbonyl (C=O) groups excluding carboxylic acids is 3. The smallest absolute Gasteiger partial charge is 0.259 e. The molecule has 4 rings (SSSR count). The number of aromatic hydroxyl groups is 1. The minimum atomic E-state index is -3.47. The average molecular weight is 585 g/mol. The molecule has 41 heavy (non-hydrogen) atoms. The van der Waals surface area contributed by atoms with Crippen molar-refractivity contribution in [3.63, 3.8) is 0 Å². The molecule has 0 saturated carbocycles. The van der Waals surface area contributed by atoms with Gasteiger partial charge in [0.2, 0.25) is 10.0 Å². The van der Waals surface area contributed by atoms with E-state index in [1.165, 1.54) is 20.1 Å². The first-order chi connectivity index (χ1) is 19.2. The molecule has 2 aromatic carbocycles. The van der Waals surface area contributed by atoms with Crippen molar-refractivity contribution in [3.8, 4) is 17.2 Å². The second-order valence-corrected chi connectivity index (χ2v) is 12.1. The number of hydrogen-bond donors (Lipinski definition) is 4. The number of ketones is 2. The third kappa shape index (κ3) is 5.03. The summed E-state index contributed by atoms with van der Waals surface area (Å²) in [6, 6.07) is 4.55. The molecule has 1 aliphatic heterocycles. The van der Waals surface area contributed by atoms with E-state index in [0.29, 0.717) is 12.1 Å². The third-order valence-corrected chi connectivity index (χ3v) is 8.79. The topological polar surface area (TPSA) is 168 Å². The zero-order valence-corrected chi connectivity index (χ0v) is 24.4. The van der Waals surface area contributed by atoms with Gasteiger partial charge in [0.05, 0.1) is 18.4 Å². The molecular weight excluding hydrogens is 552 g/mol. The molecular formula is C29H32N2O9S. The normalized spacial score (nSPS) is 17.8. The molecule has 0 fully saturated rings. The van der Waals surface area contributed by atoms with Crippen molar-refractivity contribution in [1.82, 2.24) is 5.32 Å². The Morgan fingerprint density at radius 2 is 1.76 bits per heavy atom. The zero-order valence-electron chi connectivity index (χ0n) is 23.6. The van der Waals surface area contributed by atoms with Gasteiger partial charge in [-0.2, -0.15) is 0 Å². The van der Waals surface area contributed by atoms with Gasteiger partial charge in [0.15, 0.2) is 17.3 Å². The van der Waals surface area contributed by atoms with Gasteiger partial charge >= 0.3 is 0 Å². The summed E-state index contributed by atoms with van der Waals surface area (Å²) in [5, 5.41) is 24.1.